The molecule has 0 atom stereocenters. The van der Waals surface area contributed by atoms with E-state index in [0.29, 0.717) is 13.0 Å². The summed E-state index contributed by atoms with van der Waals surface area (Å²) in [5.41, 5.74) is 4.97. The first kappa shape index (κ1) is 12.4. The van der Waals surface area contributed by atoms with Gasteiger partial charge in [-0.25, -0.2) is 0 Å². The molecule has 0 saturated carbocycles. The van der Waals surface area contributed by atoms with Crippen LogP contribution in [-0.4, -0.2) is 32.2 Å². The second-order valence-corrected chi connectivity index (χ2v) is 2.93. The van der Waals surface area contributed by atoms with Crippen LogP contribution >= 0.6 is 0 Å². The lowest BCUT2D eigenvalue weighted by molar-refractivity contribution is -0.117. The first-order valence-corrected chi connectivity index (χ1v) is 4.84. The van der Waals surface area contributed by atoms with Crippen LogP contribution in [0.3, 0.4) is 0 Å². The topological polar surface area (TPSA) is 64.3 Å². The number of primary amides is 1. The van der Waals surface area contributed by atoms with Crippen molar-refractivity contribution in [1.29, 1.82) is 0 Å². The van der Waals surface area contributed by atoms with E-state index >= 15 is 0 Å². The van der Waals surface area contributed by atoms with Crippen molar-refractivity contribution in [3.05, 3.63) is 0 Å². The predicted octanol–water partition coefficient (Wildman–Crippen LogP) is 0.268. The summed E-state index contributed by atoms with van der Waals surface area (Å²) >= 11 is 0. The average molecular weight is 188 g/mol. The standard InChI is InChI=1S/C9H20N2O2/c1-2-7-13-8-3-5-11-6-4-9(10)12/h11H,2-8H2,1H3,(H2,10,12). The number of hydrogen-bond donors (Lipinski definition) is 2. The van der Waals surface area contributed by atoms with E-state index in [2.05, 4.69) is 12.2 Å². The summed E-state index contributed by atoms with van der Waals surface area (Å²) in [5.74, 6) is -0.255. The summed E-state index contributed by atoms with van der Waals surface area (Å²) in [6.07, 6.45) is 2.46. The highest BCUT2D eigenvalue weighted by Crippen LogP contribution is 1.84. The molecule has 0 radical (unpaired) electrons. The molecule has 0 spiro atoms. The van der Waals surface area contributed by atoms with Crippen molar-refractivity contribution in [3.63, 3.8) is 0 Å². The second kappa shape index (κ2) is 9.48. The number of nitrogens with one attached hydrogen (secondary N) is 1. The molecule has 0 fully saturated rings. The van der Waals surface area contributed by atoms with Gasteiger partial charge in [0.25, 0.3) is 0 Å². The zero-order chi connectivity index (χ0) is 9.94. The third kappa shape index (κ3) is 11.4. The van der Waals surface area contributed by atoms with Gasteiger partial charge in [-0.15, -0.1) is 0 Å². The molecular weight excluding hydrogens is 168 g/mol. The molecule has 78 valence electrons. The molecule has 0 unspecified atom stereocenters. The van der Waals surface area contributed by atoms with Gasteiger partial charge in [0.15, 0.2) is 0 Å². The van der Waals surface area contributed by atoms with Crippen molar-refractivity contribution in [2.45, 2.75) is 26.2 Å². The highest BCUT2D eigenvalue weighted by molar-refractivity contribution is 5.73. The van der Waals surface area contributed by atoms with Crippen LogP contribution in [0, 0.1) is 0 Å². The Labute approximate surface area is 79.8 Å². The Morgan fingerprint density at radius 1 is 1.38 bits per heavy atom. The van der Waals surface area contributed by atoms with Crippen LogP contribution in [0.4, 0.5) is 0 Å². The smallest absolute Gasteiger partial charge is 0.218 e. The molecule has 4 heteroatoms. The fourth-order valence-corrected chi connectivity index (χ4v) is 0.882. The number of rotatable bonds is 9. The van der Waals surface area contributed by atoms with Crippen molar-refractivity contribution in [1.82, 2.24) is 5.32 Å². The Bertz CT molecular complexity index is 129. The lowest BCUT2D eigenvalue weighted by atomic mass is 10.4. The van der Waals surface area contributed by atoms with Crippen molar-refractivity contribution in [2.24, 2.45) is 5.73 Å². The van der Waals surface area contributed by atoms with E-state index in [0.717, 1.165) is 32.6 Å². The zero-order valence-corrected chi connectivity index (χ0v) is 8.34. The first-order valence-electron chi connectivity index (χ1n) is 4.84. The Balaban J connectivity index is 2.87. The predicted molar refractivity (Wildman–Crippen MR) is 52.4 cm³/mol. The zero-order valence-electron chi connectivity index (χ0n) is 8.34. The molecular formula is C9H20N2O2. The van der Waals surface area contributed by atoms with Crippen LogP contribution in [0.2, 0.25) is 0 Å². The maximum Gasteiger partial charge on any atom is 0.218 e. The minimum absolute atomic E-state index is 0.255. The van der Waals surface area contributed by atoms with Gasteiger partial charge in [-0.05, 0) is 19.4 Å². The summed E-state index contributed by atoms with van der Waals surface area (Å²) in [6.45, 7) is 5.27. The van der Waals surface area contributed by atoms with Crippen LogP contribution in [0.5, 0.6) is 0 Å². The number of ether oxygens (including phenoxy) is 1. The Morgan fingerprint density at radius 3 is 2.77 bits per heavy atom. The molecule has 3 N–H and O–H groups in total. The SMILES string of the molecule is CCCOCCCNCCC(N)=O. The van der Waals surface area contributed by atoms with E-state index in [1.54, 1.807) is 0 Å². The van der Waals surface area contributed by atoms with Crippen molar-refractivity contribution in [3.8, 4) is 0 Å². The third-order valence-electron chi connectivity index (χ3n) is 1.54. The van der Waals surface area contributed by atoms with E-state index in [1.165, 1.54) is 0 Å². The van der Waals surface area contributed by atoms with Crippen molar-refractivity contribution < 1.29 is 9.53 Å². The molecule has 0 aromatic heterocycles. The normalized spacial score (nSPS) is 10.2. The van der Waals surface area contributed by atoms with Gasteiger partial charge < -0.3 is 15.8 Å². The quantitative estimate of drug-likeness (QED) is 0.510. The molecule has 0 aliphatic heterocycles. The van der Waals surface area contributed by atoms with Crippen molar-refractivity contribution in [2.75, 3.05) is 26.3 Å². The first-order chi connectivity index (χ1) is 6.27. The number of carbonyl (C=O) groups excluding carboxylic acids is 1. The average Bonchev–Trinajstić information content (AvgIpc) is 2.09. The summed E-state index contributed by atoms with van der Waals surface area (Å²) in [4.78, 5) is 10.3. The summed E-state index contributed by atoms with van der Waals surface area (Å²) in [6, 6.07) is 0. The van der Waals surface area contributed by atoms with E-state index in [1.807, 2.05) is 0 Å². The van der Waals surface area contributed by atoms with Gasteiger partial charge in [-0.1, -0.05) is 6.92 Å². The van der Waals surface area contributed by atoms with Crippen molar-refractivity contribution >= 4 is 5.91 Å². The van der Waals surface area contributed by atoms with E-state index < -0.39 is 0 Å². The minimum atomic E-state index is -0.255. The highest BCUT2D eigenvalue weighted by Gasteiger charge is 1.92. The Hall–Kier alpha value is -0.610. The Morgan fingerprint density at radius 2 is 2.15 bits per heavy atom. The maximum absolute atomic E-state index is 10.3. The molecule has 0 heterocycles. The highest BCUT2D eigenvalue weighted by atomic mass is 16.5. The lowest BCUT2D eigenvalue weighted by Gasteiger charge is -2.03. The van der Waals surface area contributed by atoms with E-state index in [4.69, 9.17) is 10.5 Å². The van der Waals surface area contributed by atoms with Gasteiger partial charge >= 0.3 is 0 Å². The Kier molecular flexibility index (Phi) is 9.03. The number of nitrogens with two attached hydrogens (primary N) is 1. The molecule has 0 aliphatic rings. The van der Waals surface area contributed by atoms with Crippen LogP contribution in [0.15, 0.2) is 0 Å². The van der Waals surface area contributed by atoms with Crippen LogP contribution in [0.1, 0.15) is 26.2 Å². The number of amides is 1. The van der Waals surface area contributed by atoms with Gasteiger partial charge in [-0.2, -0.15) is 0 Å². The second-order valence-electron chi connectivity index (χ2n) is 2.93. The summed E-state index contributed by atoms with van der Waals surface area (Å²) < 4.78 is 5.28. The fourth-order valence-electron chi connectivity index (χ4n) is 0.882. The minimum Gasteiger partial charge on any atom is -0.381 e. The molecule has 1 amide bonds. The molecule has 13 heavy (non-hydrogen) atoms. The van der Waals surface area contributed by atoms with Crippen LogP contribution < -0.4 is 11.1 Å². The van der Waals surface area contributed by atoms with E-state index in [-0.39, 0.29) is 5.91 Å². The van der Waals surface area contributed by atoms with Crippen LogP contribution in [-0.2, 0) is 9.53 Å². The maximum atomic E-state index is 10.3. The molecule has 0 rings (SSSR count). The molecule has 4 nitrogen and oxygen atoms in total. The van der Waals surface area contributed by atoms with Crippen LogP contribution in [0.25, 0.3) is 0 Å². The van der Waals surface area contributed by atoms with Gasteiger partial charge in [0.05, 0.1) is 0 Å². The molecule has 0 aliphatic carbocycles. The molecule has 0 bridgehead atoms. The monoisotopic (exact) mass is 188 g/mol. The fraction of sp³-hybridized carbons (Fsp3) is 0.889. The molecule has 0 aromatic rings. The van der Waals surface area contributed by atoms with Gasteiger partial charge in [0.2, 0.25) is 5.91 Å². The largest absolute Gasteiger partial charge is 0.381 e. The molecule has 0 aromatic carbocycles. The van der Waals surface area contributed by atoms with Gasteiger partial charge in [0.1, 0.15) is 0 Å². The number of carbonyl (C=O) groups is 1. The molecule has 0 saturated heterocycles. The summed E-state index contributed by atoms with van der Waals surface area (Å²) in [7, 11) is 0. The van der Waals surface area contributed by atoms with Gasteiger partial charge in [0, 0.05) is 26.2 Å². The number of hydrogen-bond acceptors (Lipinski definition) is 3. The third-order valence-corrected chi connectivity index (χ3v) is 1.54. The summed E-state index contributed by atoms with van der Waals surface area (Å²) in [5, 5.41) is 3.11. The lowest BCUT2D eigenvalue weighted by Crippen LogP contribution is -2.23. The van der Waals surface area contributed by atoms with E-state index in [9.17, 15) is 4.79 Å². The van der Waals surface area contributed by atoms with Gasteiger partial charge in [-0.3, -0.25) is 4.79 Å².